The van der Waals surface area contributed by atoms with Gasteiger partial charge < -0.3 is 14.8 Å². The Hall–Kier alpha value is -1.39. The number of hydrogen-bond donors (Lipinski definition) is 2. The van der Waals surface area contributed by atoms with Crippen LogP contribution in [0.25, 0.3) is 5.65 Å². The third-order valence-corrected chi connectivity index (χ3v) is 3.98. The molecule has 4 nitrogen and oxygen atoms in total. The van der Waals surface area contributed by atoms with Crippen molar-refractivity contribution < 1.29 is 5.11 Å². The number of hydrogen-bond acceptors (Lipinski definition) is 3. The van der Waals surface area contributed by atoms with E-state index in [1.165, 1.54) is 5.56 Å². The summed E-state index contributed by atoms with van der Waals surface area (Å²) in [6.45, 7) is 7.69. The lowest BCUT2D eigenvalue weighted by atomic mass is 9.96. The predicted molar refractivity (Wildman–Crippen MR) is 81.7 cm³/mol. The summed E-state index contributed by atoms with van der Waals surface area (Å²) in [6.07, 6.45) is 5.76. The Kier molecular flexibility index (Phi) is 5.15. The Morgan fingerprint density at radius 1 is 1.30 bits per heavy atom. The molecule has 0 bridgehead atoms. The molecular weight excluding hydrogens is 250 g/mol. The van der Waals surface area contributed by atoms with Crippen LogP contribution >= 0.6 is 0 Å². The average Bonchev–Trinajstić information content (AvgIpc) is 2.83. The van der Waals surface area contributed by atoms with Crippen molar-refractivity contribution in [2.24, 2.45) is 5.92 Å². The number of aliphatic hydroxyl groups is 1. The fourth-order valence-electron chi connectivity index (χ4n) is 2.62. The highest BCUT2D eigenvalue weighted by molar-refractivity contribution is 5.41. The molecule has 2 aromatic rings. The molecule has 0 aliphatic rings. The number of pyridine rings is 1. The van der Waals surface area contributed by atoms with Crippen LogP contribution in [0.3, 0.4) is 0 Å². The molecule has 2 aromatic heterocycles. The molecular formula is C16H25N3O. The molecule has 0 aliphatic heterocycles. The molecule has 0 saturated carbocycles. The molecule has 20 heavy (non-hydrogen) atoms. The molecule has 4 heteroatoms. The number of aliphatic hydroxyl groups excluding tert-OH is 1. The number of imidazole rings is 1. The third kappa shape index (κ3) is 3.38. The first-order valence-corrected chi connectivity index (χ1v) is 7.47. The smallest absolute Gasteiger partial charge is 0.136 e. The van der Waals surface area contributed by atoms with Crippen molar-refractivity contribution >= 4 is 5.65 Å². The van der Waals surface area contributed by atoms with Crippen molar-refractivity contribution in [3.05, 3.63) is 35.8 Å². The first-order valence-electron chi connectivity index (χ1n) is 7.47. The summed E-state index contributed by atoms with van der Waals surface area (Å²) >= 11 is 0. The lowest BCUT2D eigenvalue weighted by molar-refractivity contribution is 0.101. The summed E-state index contributed by atoms with van der Waals surface area (Å²) in [5, 5.41) is 13.4. The van der Waals surface area contributed by atoms with Crippen LogP contribution < -0.4 is 5.32 Å². The van der Waals surface area contributed by atoms with Gasteiger partial charge >= 0.3 is 0 Å². The molecule has 2 heterocycles. The van der Waals surface area contributed by atoms with Crippen molar-refractivity contribution in [3.8, 4) is 0 Å². The normalized spacial score (nSPS) is 13.2. The maximum Gasteiger partial charge on any atom is 0.136 e. The fraction of sp³-hybridized carbons (Fsp3) is 0.562. The van der Waals surface area contributed by atoms with E-state index in [0.717, 1.165) is 30.7 Å². The van der Waals surface area contributed by atoms with Crippen LogP contribution in [0.1, 0.15) is 37.9 Å². The lowest BCUT2D eigenvalue weighted by Gasteiger charge is -2.20. The molecule has 110 valence electrons. The maximum atomic E-state index is 10.1. The summed E-state index contributed by atoms with van der Waals surface area (Å²) in [5.74, 6) is 0.381. The number of aryl methyl sites for hydroxylation is 1. The molecule has 0 saturated heterocycles. The number of aromatic nitrogens is 2. The second kappa shape index (κ2) is 6.86. The van der Waals surface area contributed by atoms with E-state index < -0.39 is 0 Å². The van der Waals surface area contributed by atoms with Gasteiger partial charge in [0.15, 0.2) is 0 Å². The largest absolute Gasteiger partial charge is 0.392 e. The summed E-state index contributed by atoms with van der Waals surface area (Å²) in [5.41, 5.74) is 3.31. The molecule has 2 N–H and O–H groups in total. The zero-order valence-corrected chi connectivity index (χ0v) is 12.6. The SMILES string of the molecule is CCC(CC)C(O)CNCc1cnc2ccc(C)cn12. The molecule has 1 unspecified atom stereocenters. The predicted octanol–water partition coefficient (Wildman–Crippen LogP) is 2.53. The number of fused-ring (bicyclic) bond motifs is 1. The quantitative estimate of drug-likeness (QED) is 0.816. The molecule has 0 spiro atoms. The standard InChI is InChI=1S/C16H25N3O/c1-4-13(5-2)15(20)10-17-8-14-9-18-16-7-6-12(3)11-19(14)16/h6-7,9,11,13,15,17,20H,4-5,8,10H2,1-3H3. The summed E-state index contributed by atoms with van der Waals surface area (Å²) in [6, 6.07) is 4.09. The van der Waals surface area contributed by atoms with E-state index in [0.29, 0.717) is 12.5 Å². The Bertz CT molecular complexity index is 546. The van der Waals surface area contributed by atoms with Crippen LogP contribution in [0, 0.1) is 12.8 Å². The Balaban J connectivity index is 1.94. The van der Waals surface area contributed by atoms with Crippen LogP contribution in [0.4, 0.5) is 0 Å². The van der Waals surface area contributed by atoms with Crippen molar-refractivity contribution in [1.29, 1.82) is 0 Å². The minimum atomic E-state index is -0.272. The van der Waals surface area contributed by atoms with Gasteiger partial charge in [0.25, 0.3) is 0 Å². The number of nitrogens with one attached hydrogen (secondary N) is 1. The van der Waals surface area contributed by atoms with E-state index in [1.54, 1.807) is 0 Å². The second-order valence-corrected chi connectivity index (χ2v) is 5.46. The highest BCUT2D eigenvalue weighted by Crippen LogP contribution is 2.13. The maximum absolute atomic E-state index is 10.1. The molecule has 1 atom stereocenters. The summed E-state index contributed by atoms with van der Waals surface area (Å²) in [4.78, 5) is 4.39. The van der Waals surface area contributed by atoms with Gasteiger partial charge in [0.1, 0.15) is 5.65 Å². The second-order valence-electron chi connectivity index (χ2n) is 5.46. The van der Waals surface area contributed by atoms with E-state index in [1.807, 2.05) is 12.3 Å². The number of rotatable bonds is 7. The summed E-state index contributed by atoms with van der Waals surface area (Å²) in [7, 11) is 0. The average molecular weight is 275 g/mol. The topological polar surface area (TPSA) is 49.6 Å². The number of nitrogens with zero attached hydrogens (tertiary/aromatic N) is 2. The van der Waals surface area contributed by atoms with Crippen molar-refractivity contribution in [2.75, 3.05) is 6.54 Å². The highest BCUT2D eigenvalue weighted by Gasteiger charge is 2.14. The van der Waals surface area contributed by atoms with Gasteiger partial charge in [-0.05, 0) is 24.5 Å². The third-order valence-electron chi connectivity index (χ3n) is 3.98. The van der Waals surface area contributed by atoms with Crippen molar-refractivity contribution in [1.82, 2.24) is 14.7 Å². The molecule has 0 fully saturated rings. The van der Waals surface area contributed by atoms with Crippen LogP contribution in [0.15, 0.2) is 24.5 Å². The highest BCUT2D eigenvalue weighted by atomic mass is 16.3. The van der Waals surface area contributed by atoms with Crippen molar-refractivity contribution in [3.63, 3.8) is 0 Å². The van der Waals surface area contributed by atoms with Crippen LogP contribution in [0.2, 0.25) is 0 Å². The molecule has 0 radical (unpaired) electrons. The van der Waals surface area contributed by atoms with Gasteiger partial charge in [-0.3, -0.25) is 0 Å². The van der Waals surface area contributed by atoms with Gasteiger partial charge in [-0.25, -0.2) is 4.98 Å². The van der Waals surface area contributed by atoms with Gasteiger partial charge in [-0.1, -0.05) is 32.8 Å². The van der Waals surface area contributed by atoms with Crippen molar-refractivity contribution in [2.45, 2.75) is 46.3 Å². The minimum Gasteiger partial charge on any atom is -0.392 e. The fourth-order valence-corrected chi connectivity index (χ4v) is 2.62. The van der Waals surface area contributed by atoms with Gasteiger partial charge in [0.2, 0.25) is 0 Å². The van der Waals surface area contributed by atoms with Crippen LogP contribution in [-0.4, -0.2) is 27.1 Å². The summed E-state index contributed by atoms with van der Waals surface area (Å²) < 4.78 is 2.10. The van der Waals surface area contributed by atoms with E-state index in [9.17, 15) is 5.11 Å². The monoisotopic (exact) mass is 275 g/mol. The molecule has 0 amide bonds. The van der Waals surface area contributed by atoms with Crippen LogP contribution in [0.5, 0.6) is 0 Å². The first kappa shape index (κ1) is 15.0. The Morgan fingerprint density at radius 3 is 2.75 bits per heavy atom. The Morgan fingerprint density at radius 2 is 2.05 bits per heavy atom. The lowest BCUT2D eigenvalue weighted by Crippen LogP contribution is -2.32. The van der Waals surface area contributed by atoms with E-state index in [-0.39, 0.29) is 6.10 Å². The molecule has 0 aromatic carbocycles. The van der Waals surface area contributed by atoms with E-state index >= 15 is 0 Å². The molecule has 0 aliphatic carbocycles. The molecule has 2 rings (SSSR count). The Labute approximate surface area is 120 Å². The van der Waals surface area contributed by atoms with Gasteiger partial charge in [0.05, 0.1) is 18.0 Å². The van der Waals surface area contributed by atoms with Crippen LogP contribution in [-0.2, 0) is 6.54 Å². The first-order chi connectivity index (χ1) is 9.65. The zero-order valence-electron chi connectivity index (χ0n) is 12.6. The minimum absolute atomic E-state index is 0.272. The van der Waals surface area contributed by atoms with E-state index in [2.05, 4.69) is 47.7 Å². The van der Waals surface area contributed by atoms with Gasteiger partial charge in [-0.2, -0.15) is 0 Å². The van der Waals surface area contributed by atoms with Gasteiger partial charge in [-0.15, -0.1) is 0 Å². The van der Waals surface area contributed by atoms with Gasteiger partial charge in [0, 0.05) is 19.3 Å². The zero-order chi connectivity index (χ0) is 14.5. The van der Waals surface area contributed by atoms with E-state index in [4.69, 9.17) is 0 Å².